The molecular formula is C14H22N2. The lowest BCUT2D eigenvalue weighted by Gasteiger charge is -2.18. The Kier molecular flexibility index (Phi) is 3.62. The Bertz CT molecular complexity index is 358. The molecule has 0 aliphatic carbocycles. The summed E-state index contributed by atoms with van der Waals surface area (Å²) in [6.45, 7) is 11.0. The van der Waals surface area contributed by atoms with E-state index < -0.39 is 0 Å². The molecule has 0 saturated carbocycles. The van der Waals surface area contributed by atoms with Crippen LogP contribution in [0.25, 0.3) is 0 Å². The van der Waals surface area contributed by atoms with Gasteiger partial charge in [0, 0.05) is 25.7 Å². The number of hydrogen-bond acceptors (Lipinski definition) is 2. The van der Waals surface area contributed by atoms with Crippen LogP contribution in [0.4, 0.5) is 0 Å². The van der Waals surface area contributed by atoms with Crippen molar-refractivity contribution in [2.75, 3.05) is 6.54 Å². The lowest BCUT2D eigenvalue weighted by Crippen LogP contribution is -2.24. The van der Waals surface area contributed by atoms with Gasteiger partial charge in [-0.25, -0.2) is 0 Å². The summed E-state index contributed by atoms with van der Waals surface area (Å²) in [5.74, 6) is 0. The number of benzene rings is 1. The van der Waals surface area contributed by atoms with Crippen molar-refractivity contribution in [3.8, 4) is 0 Å². The highest BCUT2D eigenvalue weighted by Gasteiger charge is 2.20. The van der Waals surface area contributed by atoms with Crippen LogP contribution in [0.15, 0.2) is 18.2 Å². The first kappa shape index (κ1) is 11.6. The monoisotopic (exact) mass is 218 g/mol. The van der Waals surface area contributed by atoms with Crippen LogP contribution < -0.4 is 5.32 Å². The van der Waals surface area contributed by atoms with Gasteiger partial charge in [0.2, 0.25) is 0 Å². The fourth-order valence-corrected chi connectivity index (χ4v) is 2.22. The summed E-state index contributed by atoms with van der Waals surface area (Å²) in [5, 5.41) is 3.38. The van der Waals surface area contributed by atoms with Crippen LogP contribution in [-0.2, 0) is 19.6 Å². The highest BCUT2D eigenvalue weighted by molar-refractivity contribution is 5.34. The first-order chi connectivity index (χ1) is 7.70. The standard InChI is InChI=1S/C14H22N2/c1-4-15-8-12-5-6-13-9-16(11(2)3)10-14(13)7-12/h5-7,11,15H,4,8-10H2,1-3H3. The summed E-state index contributed by atoms with van der Waals surface area (Å²) >= 11 is 0. The molecule has 0 aromatic heterocycles. The maximum absolute atomic E-state index is 3.38. The molecule has 0 atom stereocenters. The van der Waals surface area contributed by atoms with Crippen LogP contribution in [0.3, 0.4) is 0 Å². The van der Waals surface area contributed by atoms with Gasteiger partial charge in [-0.1, -0.05) is 25.1 Å². The van der Waals surface area contributed by atoms with Gasteiger partial charge in [-0.05, 0) is 37.1 Å². The maximum atomic E-state index is 3.38. The minimum atomic E-state index is 0.643. The van der Waals surface area contributed by atoms with Crippen LogP contribution in [0, 0.1) is 0 Å². The zero-order chi connectivity index (χ0) is 11.5. The Labute approximate surface area is 98.7 Å². The fraction of sp³-hybridized carbons (Fsp3) is 0.571. The third-order valence-corrected chi connectivity index (χ3v) is 3.33. The number of fused-ring (bicyclic) bond motifs is 1. The number of nitrogens with zero attached hydrogens (tertiary/aromatic N) is 1. The zero-order valence-electron chi connectivity index (χ0n) is 10.6. The largest absolute Gasteiger partial charge is 0.313 e. The van der Waals surface area contributed by atoms with Gasteiger partial charge < -0.3 is 5.32 Å². The van der Waals surface area contributed by atoms with Gasteiger partial charge in [-0.3, -0.25) is 4.90 Å². The SMILES string of the molecule is CCNCc1ccc2c(c1)CN(C(C)C)C2. The minimum Gasteiger partial charge on any atom is -0.313 e. The molecule has 1 aliphatic heterocycles. The second-order valence-electron chi connectivity index (χ2n) is 4.88. The van der Waals surface area contributed by atoms with E-state index in [0.717, 1.165) is 26.2 Å². The summed E-state index contributed by atoms with van der Waals surface area (Å²) in [5.41, 5.74) is 4.43. The Balaban J connectivity index is 2.08. The molecule has 2 rings (SSSR count). The van der Waals surface area contributed by atoms with Gasteiger partial charge in [0.1, 0.15) is 0 Å². The third-order valence-electron chi connectivity index (χ3n) is 3.33. The first-order valence-electron chi connectivity index (χ1n) is 6.26. The predicted octanol–water partition coefficient (Wildman–Crippen LogP) is 2.52. The van der Waals surface area contributed by atoms with Crippen LogP contribution >= 0.6 is 0 Å². The highest BCUT2D eigenvalue weighted by Crippen LogP contribution is 2.25. The molecular weight excluding hydrogens is 196 g/mol. The van der Waals surface area contributed by atoms with Gasteiger partial charge in [-0.15, -0.1) is 0 Å². The van der Waals surface area contributed by atoms with E-state index in [9.17, 15) is 0 Å². The van der Waals surface area contributed by atoms with E-state index in [0.29, 0.717) is 6.04 Å². The van der Waals surface area contributed by atoms with Crippen LogP contribution in [0.1, 0.15) is 37.5 Å². The third kappa shape index (κ3) is 2.45. The zero-order valence-corrected chi connectivity index (χ0v) is 10.6. The topological polar surface area (TPSA) is 15.3 Å². The predicted molar refractivity (Wildman–Crippen MR) is 68.2 cm³/mol. The normalized spacial score (nSPS) is 15.8. The van der Waals surface area contributed by atoms with Crippen molar-refractivity contribution in [3.05, 3.63) is 34.9 Å². The number of rotatable bonds is 4. The lowest BCUT2D eigenvalue weighted by atomic mass is 10.1. The van der Waals surface area contributed by atoms with Crippen molar-refractivity contribution >= 4 is 0 Å². The lowest BCUT2D eigenvalue weighted by molar-refractivity contribution is 0.227. The molecule has 1 aromatic carbocycles. The molecule has 0 amide bonds. The smallest absolute Gasteiger partial charge is 0.0243 e. The summed E-state index contributed by atoms with van der Waals surface area (Å²) in [6, 6.07) is 7.56. The Morgan fingerprint density at radius 1 is 1.25 bits per heavy atom. The highest BCUT2D eigenvalue weighted by atomic mass is 15.2. The van der Waals surface area contributed by atoms with E-state index in [-0.39, 0.29) is 0 Å². The number of nitrogens with one attached hydrogen (secondary N) is 1. The molecule has 1 aliphatic rings. The molecule has 2 heteroatoms. The van der Waals surface area contributed by atoms with Gasteiger partial charge in [-0.2, -0.15) is 0 Å². The van der Waals surface area contributed by atoms with Gasteiger partial charge in [0.15, 0.2) is 0 Å². The summed E-state index contributed by atoms with van der Waals surface area (Å²) in [7, 11) is 0. The van der Waals surface area contributed by atoms with Gasteiger partial charge in [0.25, 0.3) is 0 Å². The van der Waals surface area contributed by atoms with Crippen molar-refractivity contribution in [2.45, 2.75) is 46.4 Å². The van der Waals surface area contributed by atoms with Crippen LogP contribution in [0.2, 0.25) is 0 Å². The molecule has 0 bridgehead atoms. The molecule has 0 unspecified atom stereocenters. The van der Waals surface area contributed by atoms with Crippen LogP contribution in [0.5, 0.6) is 0 Å². The molecule has 1 aromatic rings. The summed E-state index contributed by atoms with van der Waals surface area (Å²) in [6.07, 6.45) is 0. The van der Waals surface area contributed by atoms with Gasteiger partial charge >= 0.3 is 0 Å². The average Bonchev–Trinajstić information content (AvgIpc) is 2.69. The second kappa shape index (κ2) is 4.98. The van der Waals surface area contributed by atoms with E-state index in [1.165, 1.54) is 16.7 Å². The Hall–Kier alpha value is -0.860. The first-order valence-corrected chi connectivity index (χ1v) is 6.26. The molecule has 0 spiro atoms. The number of hydrogen-bond donors (Lipinski definition) is 1. The van der Waals surface area contributed by atoms with E-state index in [1.807, 2.05) is 0 Å². The van der Waals surface area contributed by atoms with E-state index in [2.05, 4.69) is 49.2 Å². The van der Waals surface area contributed by atoms with Crippen molar-refractivity contribution in [1.29, 1.82) is 0 Å². The fourth-order valence-electron chi connectivity index (χ4n) is 2.22. The summed E-state index contributed by atoms with van der Waals surface area (Å²) in [4.78, 5) is 2.52. The molecule has 1 N–H and O–H groups in total. The van der Waals surface area contributed by atoms with Crippen molar-refractivity contribution in [3.63, 3.8) is 0 Å². The molecule has 0 fully saturated rings. The van der Waals surface area contributed by atoms with E-state index >= 15 is 0 Å². The molecule has 0 saturated heterocycles. The second-order valence-corrected chi connectivity index (χ2v) is 4.88. The molecule has 88 valence electrons. The van der Waals surface area contributed by atoms with Crippen LogP contribution in [-0.4, -0.2) is 17.5 Å². The quantitative estimate of drug-likeness (QED) is 0.835. The van der Waals surface area contributed by atoms with E-state index in [1.54, 1.807) is 0 Å². The van der Waals surface area contributed by atoms with E-state index in [4.69, 9.17) is 0 Å². The minimum absolute atomic E-state index is 0.643. The van der Waals surface area contributed by atoms with Gasteiger partial charge in [0.05, 0.1) is 0 Å². The molecule has 0 radical (unpaired) electrons. The van der Waals surface area contributed by atoms with Crippen molar-refractivity contribution < 1.29 is 0 Å². The van der Waals surface area contributed by atoms with Crippen molar-refractivity contribution in [2.24, 2.45) is 0 Å². The molecule has 1 heterocycles. The Morgan fingerprint density at radius 2 is 2.00 bits per heavy atom. The maximum Gasteiger partial charge on any atom is 0.0243 e. The summed E-state index contributed by atoms with van der Waals surface area (Å²) < 4.78 is 0. The average molecular weight is 218 g/mol. The molecule has 2 nitrogen and oxygen atoms in total. The Morgan fingerprint density at radius 3 is 2.69 bits per heavy atom. The van der Waals surface area contributed by atoms with Crippen molar-refractivity contribution in [1.82, 2.24) is 10.2 Å². The molecule has 16 heavy (non-hydrogen) atoms.